The van der Waals surface area contributed by atoms with E-state index in [0.717, 1.165) is 10.0 Å². The van der Waals surface area contributed by atoms with Crippen LogP contribution >= 0.6 is 15.9 Å². The van der Waals surface area contributed by atoms with Gasteiger partial charge in [-0.1, -0.05) is 42.8 Å². The summed E-state index contributed by atoms with van der Waals surface area (Å²) in [6.07, 6.45) is 0. The molecule has 19 heavy (non-hydrogen) atoms. The van der Waals surface area contributed by atoms with Crippen molar-refractivity contribution in [3.05, 3.63) is 33.8 Å². The third-order valence-electron chi connectivity index (χ3n) is 3.32. The molecule has 104 valence electrons. The Kier molecular flexibility index (Phi) is 4.31. The summed E-state index contributed by atoms with van der Waals surface area (Å²) in [6, 6.07) is 5.89. The second-order valence-electron chi connectivity index (χ2n) is 5.85. The molecule has 0 N–H and O–H groups in total. The summed E-state index contributed by atoms with van der Waals surface area (Å²) in [5.74, 6) is 0.0875. The van der Waals surface area contributed by atoms with Crippen LogP contribution in [0.2, 0.25) is 0 Å². The molecule has 4 heteroatoms. The zero-order valence-electron chi connectivity index (χ0n) is 11.7. The normalized spacial score (nSPS) is 16.5. The molecule has 1 aromatic rings. The number of rotatable bonds is 1. The van der Waals surface area contributed by atoms with Gasteiger partial charge in [-0.25, -0.2) is 0 Å². The molecule has 0 radical (unpaired) electrons. The molecule has 1 aliphatic heterocycles. The van der Waals surface area contributed by atoms with Crippen molar-refractivity contribution in [1.29, 1.82) is 0 Å². The zero-order chi connectivity index (χ0) is 14.0. The smallest absolute Gasteiger partial charge is 0.254 e. The van der Waals surface area contributed by atoms with Crippen molar-refractivity contribution in [2.45, 2.75) is 26.2 Å². The first kappa shape index (κ1) is 14.5. The van der Waals surface area contributed by atoms with Crippen LogP contribution in [0, 0.1) is 0 Å². The Labute approximate surface area is 123 Å². The molecule has 1 aromatic carbocycles. The van der Waals surface area contributed by atoms with Gasteiger partial charge >= 0.3 is 0 Å². The Morgan fingerprint density at radius 2 is 1.89 bits per heavy atom. The van der Waals surface area contributed by atoms with Crippen LogP contribution in [0.4, 0.5) is 0 Å². The lowest BCUT2D eigenvalue weighted by molar-refractivity contribution is 0.0303. The molecule has 1 amide bonds. The zero-order valence-corrected chi connectivity index (χ0v) is 13.3. The van der Waals surface area contributed by atoms with E-state index in [-0.39, 0.29) is 11.3 Å². The van der Waals surface area contributed by atoms with E-state index in [1.807, 2.05) is 23.1 Å². The average Bonchev–Trinajstić information content (AvgIpc) is 2.37. The SMILES string of the molecule is CC(C)(C)c1ccc(C(=O)N2CCOCC2)cc1Br. The topological polar surface area (TPSA) is 29.5 Å². The minimum atomic E-state index is 0.0688. The molecule has 2 rings (SSSR count). The van der Waals surface area contributed by atoms with Gasteiger partial charge in [-0.15, -0.1) is 0 Å². The average molecular weight is 326 g/mol. The first-order valence-electron chi connectivity index (χ1n) is 6.56. The molecule has 0 unspecified atom stereocenters. The quantitative estimate of drug-likeness (QED) is 0.793. The van der Waals surface area contributed by atoms with Gasteiger partial charge < -0.3 is 9.64 Å². The predicted molar refractivity (Wildman–Crippen MR) is 79.6 cm³/mol. The number of hydrogen-bond donors (Lipinski definition) is 0. The van der Waals surface area contributed by atoms with Crippen molar-refractivity contribution in [2.75, 3.05) is 26.3 Å². The second-order valence-corrected chi connectivity index (χ2v) is 6.70. The Morgan fingerprint density at radius 3 is 2.42 bits per heavy atom. The molecule has 0 saturated carbocycles. The van der Waals surface area contributed by atoms with Crippen LogP contribution in [-0.4, -0.2) is 37.1 Å². The molecule has 0 spiro atoms. The maximum atomic E-state index is 12.4. The lowest BCUT2D eigenvalue weighted by Gasteiger charge is -2.27. The molecular formula is C15H20BrNO2. The molecule has 1 fully saturated rings. The predicted octanol–water partition coefficient (Wildman–Crippen LogP) is 3.22. The van der Waals surface area contributed by atoms with Crippen molar-refractivity contribution in [3.8, 4) is 0 Å². The van der Waals surface area contributed by atoms with Crippen LogP contribution in [-0.2, 0) is 10.2 Å². The number of ether oxygens (including phenoxy) is 1. The number of hydrogen-bond acceptors (Lipinski definition) is 2. The summed E-state index contributed by atoms with van der Waals surface area (Å²) in [7, 11) is 0. The Hall–Kier alpha value is -0.870. The van der Waals surface area contributed by atoms with Crippen molar-refractivity contribution in [2.24, 2.45) is 0 Å². The number of halogens is 1. The number of benzene rings is 1. The molecule has 0 aromatic heterocycles. The number of amides is 1. The lowest BCUT2D eigenvalue weighted by Crippen LogP contribution is -2.40. The summed E-state index contributed by atoms with van der Waals surface area (Å²) in [6.45, 7) is 9.11. The Bertz CT molecular complexity index is 474. The van der Waals surface area contributed by atoms with Gasteiger partial charge in [-0.2, -0.15) is 0 Å². The van der Waals surface area contributed by atoms with Crippen molar-refractivity contribution >= 4 is 21.8 Å². The molecule has 1 saturated heterocycles. The van der Waals surface area contributed by atoms with Crippen molar-refractivity contribution < 1.29 is 9.53 Å². The molecule has 1 aliphatic rings. The molecule has 3 nitrogen and oxygen atoms in total. The lowest BCUT2D eigenvalue weighted by atomic mass is 9.86. The summed E-state index contributed by atoms with van der Waals surface area (Å²) >= 11 is 3.58. The standard InChI is InChI=1S/C15H20BrNO2/c1-15(2,3)12-5-4-11(10-13(12)16)14(18)17-6-8-19-9-7-17/h4-5,10H,6-9H2,1-3H3. The van der Waals surface area contributed by atoms with Crippen LogP contribution in [0.15, 0.2) is 22.7 Å². The van der Waals surface area contributed by atoms with Gasteiger partial charge in [0.1, 0.15) is 0 Å². The number of nitrogens with zero attached hydrogens (tertiary/aromatic N) is 1. The van der Waals surface area contributed by atoms with E-state index in [0.29, 0.717) is 26.3 Å². The van der Waals surface area contributed by atoms with Crippen LogP contribution < -0.4 is 0 Å². The highest BCUT2D eigenvalue weighted by atomic mass is 79.9. The van der Waals surface area contributed by atoms with Gasteiger partial charge in [0, 0.05) is 23.1 Å². The minimum Gasteiger partial charge on any atom is -0.378 e. The number of carbonyl (C=O) groups is 1. The van der Waals surface area contributed by atoms with E-state index in [1.165, 1.54) is 5.56 Å². The fourth-order valence-electron chi connectivity index (χ4n) is 2.21. The fourth-order valence-corrected chi connectivity index (χ4v) is 3.18. The van der Waals surface area contributed by atoms with Crippen molar-refractivity contribution in [1.82, 2.24) is 4.90 Å². The molecule has 0 bridgehead atoms. The van der Waals surface area contributed by atoms with E-state index in [2.05, 4.69) is 36.7 Å². The summed E-state index contributed by atoms with van der Waals surface area (Å²) < 4.78 is 6.27. The number of carbonyl (C=O) groups excluding carboxylic acids is 1. The third-order valence-corrected chi connectivity index (χ3v) is 3.98. The monoisotopic (exact) mass is 325 g/mol. The van der Waals surface area contributed by atoms with Crippen LogP contribution in [0.1, 0.15) is 36.7 Å². The fraction of sp³-hybridized carbons (Fsp3) is 0.533. The first-order valence-corrected chi connectivity index (χ1v) is 7.36. The van der Waals surface area contributed by atoms with E-state index in [1.54, 1.807) is 0 Å². The third kappa shape index (κ3) is 3.37. The first-order chi connectivity index (χ1) is 8.89. The highest BCUT2D eigenvalue weighted by Crippen LogP contribution is 2.30. The maximum Gasteiger partial charge on any atom is 0.254 e. The highest BCUT2D eigenvalue weighted by Gasteiger charge is 2.21. The van der Waals surface area contributed by atoms with E-state index < -0.39 is 0 Å². The summed E-state index contributed by atoms with van der Waals surface area (Å²) in [5, 5.41) is 0. The highest BCUT2D eigenvalue weighted by molar-refractivity contribution is 9.10. The summed E-state index contributed by atoms with van der Waals surface area (Å²) in [4.78, 5) is 14.2. The van der Waals surface area contributed by atoms with Gasteiger partial charge in [0.2, 0.25) is 0 Å². The van der Waals surface area contributed by atoms with Crippen LogP contribution in [0.3, 0.4) is 0 Å². The van der Waals surface area contributed by atoms with E-state index in [4.69, 9.17) is 4.74 Å². The number of morpholine rings is 1. The molecule has 1 heterocycles. The van der Waals surface area contributed by atoms with Gasteiger partial charge in [-0.3, -0.25) is 4.79 Å². The summed E-state index contributed by atoms with van der Waals surface area (Å²) in [5.41, 5.74) is 2.02. The Morgan fingerprint density at radius 1 is 1.26 bits per heavy atom. The largest absolute Gasteiger partial charge is 0.378 e. The van der Waals surface area contributed by atoms with E-state index >= 15 is 0 Å². The van der Waals surface area contributed by atoms with Gasteiger partial charge in [0.05, 0.1) is 13.2 Å². The minimum absolute atomic E-state index is 0.0688. The molecule has 0 atom stereocenters. The van der Waals surface area contributed by atoms with Crippen LogP contribution in [0.5, 0.6) is 0 Å². The van der Waals surface area contributed by atoms with Gasteiger partial charge in [0.15, 0.2) is 0 Å². The molecule has 0 aliphatic carbocycles. The second kappa shape index (κ2) is 5.63. The molecular weight excluding hydrogens is 306 g/mol. The van der Waals surface area contributed by atoms with Gasteiger partial charge in [0.25, 0.3) is 5.91 Å². The van der Waals surface area contributed by atoms with Crippen LogP contribution in [0.25, 0.3) is 0 Å². The maximum absolute atomic E-state index is 12.4. The Balaban J connectivity index is 2.22. The van der Waals surface area contributed by atoms with Crippen molar-refractivity contribution in [3.63, 3.8) is 0 Å². The van der Waals surface area contributed by atoms with Gasteiger partial charge in [-0.05, 0) is 23.1 Å². The van der Waals surface area contributed by atoms with E-state index in [9.17, 15) is 4.79 Å².